The van der Waals surface area contributed by atoms with Crippen LogP contribution in [0.15, 0.2) is 29.2 Å². The first kappa shape index (κ1) is 17.7. The first-order chi connectivity index (χ1) is 10.8. The Labute approximate surface area is 136 Å². The number of carbonyl (C=O) groups is 1. The highest BCUT2D eigenvalue weighted by Crippen LogP contribution is 2.25. The van der Waals surface area contributed by atoms with Crippen LogP contribution < -0.4 is 15.4 Å². The van der Waals surface area contributed by atoms with E-state index in [0.29, 0.717) is 12.2 Å². The van der Waals surface area contributed by atoms with Gasteiger partial charge in [-0.25, -0.2) is 17.9 Å². The van der Waals surface area contributed by atoms with Gasteiger partial charge in [-0.1, -0.05) is 6.92 Å². The fourth-order valence-corrected chi connectivity index (χ4v) is 3.71. The van der Waals surface area contributed by atoms with E-state index in [4.69, 9.17) is 0 Å². The van der Waals surface area contributed by atoms with Crippen LogP contribution >= 0.6 is 0 Å². The third-order valence-electron chi connectivity index (χ3n) is 3.97. The molecule has 0 unspecified atom stereocenters. The van der Waals surface area contributed by atoms with E-state index in [1.54, 1.807) is 0 Å². The molecule has 0 aliphatic carbocycles. The van der Waals surface area contributed by atoms with E-state index in [1.165, 1.54) is 31.4 Å². The third kappa shape index (κ3) is 4.92. The number of anilines is 1. The Bertz CT molecular complexity index is 637. The summed E-state index contributed by atoms with van der Waals surface area (Å²) < 4.78 is 31.9. The largest absolute Gasteiger partial charge is 0.453 e. The lowest BCUT2D eigenvalue weighted by molar-refractivity contribution is 0.187. The molecule has 1 heterocycles. The molecule has 1 aliphatic heterocycles. The fourth-order valence-electron chi connectivity index (χ4n) is 2.51. The molecule has 2 rings (SSSR count). The van der Waals surface area contributed by atoms with Gasteiger partial charge in [-0.05, 0) is 49.1 Å². The molecule has 0 radical (unpaired) electrons. The fraction of sp³-hybridized carbons (Fsp3) is 0.533. The van der Waals surface area contributed by atoms with Gasteiger partial charge in [-0.3, -0.25) is 5.32 Å². The zero-order chi connectivity index (χ0) is 16.9. The van der Waals surface area contributed by atoms with Gasteiger partial charge in [0.25, 0.3) is 0 Å². The van der Waals surface area contributed by atoms with Crippen LogP contribution in [0.2, 0.25) is 0 Å². The summed E-state index contributed by atoms with van der Waals surface area (Å²) in [7, 11) is -2.31. The highest BCUT2D eigenvalue weighted by molar-refractivity contribution is 7.89. The van der Waals surface area contributed by atoms with E-state index in [1.807, 2.05) is 0 Å². The lowest BCUT2D eigenvalue weighted by atomic mass is 9.83. The molecule has 1 atom stereocenters. The lowest BCUT2D eigenvalue weighted by Crippen LogP contribution is -2.45. The summed E-state index contributed by atoms with van der Waals surface area (Å²) in [6.07, 6.45) is 1.44. The summed E-state index contributed by atoms with van der Waals surface area (Å²) in [5.74, 6) is 0. The minimum atomic E-state index is -3.57. The maximum atomic E-state index is 12.4. The normalized spacial score (nSPS) is 21.7. The van der Waals surface area contributed by atoms with E-state index < -0.39 is 16.1 Å². The second-order valence-corrected chi connectivity index (χ2v) is 7.82. The second-order valence-electron chi connectivity index (χ2n) is 6.06. The minimum Gasteiger partial charge on any atom is -0.453 e. The van der Waals surface area contributed by atoms with Crippen LogP contribution in [-0.2, 0) is 14.8 Å². The average molecular weight is 341 g/mol. The number of hydrogen-bond acceptors (Lipinski definition) is 5. The molecule has 1 fully saturated rings. The van der Waals surface area contributed by atoms with Crippen molar-refractivity contribution in [2.45, 2.75) is 24.7 Å². The number of ether oxygens (including phenoxy) is 1. The minimum absolute atomic E-state index is 0.0717. The molecule has 1 aromatic rings. The number of nitrogens with one attached hydrogen (secondary N) is 3. The van der Waals surface area contributed by atoms with E-state index in [2.05, 4.69) is 27.0 Å². The highest BCUT2D eigenvalue weighted by Gasteiger charge is 2.28. The van der Waals surface area contributed by atoms with Crippen LogP contribution in [0.5, 0.6) is 0 Å². The molecule has 3 N–H and O–H groups in total. The molecule has 0 bridgehead atoms. The first-order valence-electron chi connectivity index (χ1n) is 7.50. The summed E-state index contributed by atoms with van der Waals surface area (Å²) in [5.41, 5.74) is 0.400. The highest BCUT2D eigenvalue weighted by atomic mass is 32.2. The quantitative estimate of drug-likeness (QED) is 0.755. The van der Waals surface area contributed by atoms with Crippen molar-refractivity contribution in [3.63, 3.8) is 0 Å². The summed E-state index contributed by atoms with van der Waals surface area (Å²) in [6.45, 7) is 4.25. The Hall–Kier alpha value is -1.64. The van der Waals surface area contributed by atoms with Crippen molar-refractivity contribution in [1.29, 1.82) is 0 Å². The molecule has 1 aliphatic rings. The van der Waals surface area contributed by atoms with Crippen molar-refractivity contribution < 1.29 is 17.9 Å². The number of sulfonamides is 1. The smallest absolute Gasteiger partial charge is 0.411 e. The average Bonchev–Trinajstić information content (AvgIpc) is 2.54. The second kappa shape index (κ2) is 7.29. The lowest BCUT2D eigenvalue weighted by Gasteiger charge is -2.34. The monoisotopic (exact) mass is 341 g/mol. The third-order valence-corrected chi connectivity index (χ3v) is 5.39. The topological polar surface area (TPSA) is 96.5 Å². The van der Waals surface area contributed by atoms with Crippen LogP contribution in [0.3, 0.4) is 0 Å². The zero-order valence-corrected chi connectivity index (χ0v) is 14.2. The number of methoxy groups -OCH3 is 1. The van der Waals surface area contributed by atoms with Crippen molar-refractivity contribution in [2.24, 2.45) is 5.41 Å². The molecule has 0 aromatic heterocycles. The summed E-state index contributed by atoms with van der Waals surface area (Å²) in [4.78, 5) is 11.3. The van der Waals surface area contributed by atoms with Gasteiger partial charge in [0.2, 0.25) is 10.0 Å². The molecule has 23 heavy (non-hydrogen) atoms. The molecular formula is C15H23N3O4S. The Morgan fingerprint density at radius 2 is 2.04 bits per heavy atom. The molecule has 0 saturated carbocycles. The van der Waals surface area contributed by atoms with Crippen molar-refractivity contribution >= 4 is 21.8 Å². The van der Waals surface area contributed by atoms with Gasteiger partial charge < -0.3 is 10.1 Å². The van der Waals surface area contributed by atoms with Gasteiger partial charge in [0.15, 0.2) is 0 Å². The summed E-state index contributed by atoms with van der Waals surface area (Å²) in [5, 5.41) is 5.77. The van der Waals surface area contributed by atoms with Crippen LogP contribution in [0.25, 0.3) is 0 Å². The van der Waals surface area contributed by atoms with Crippen molar-refractivity contribution in [3.05, 3.63) is 24.3 Å². The molecule has 1 saturated heterocycles. The number of carbonyl (C=O) groups excluding carboxylic acids is 1. The summed E-state index contributed by atoms with van der Waals surface area (Å²) in [6, 6.07) is 5.95. The SMILES string of the molecule is COC(=O)Nc1ccc(S(=O)(=O)NC[C@@]2(C)CCCNC2)cc1. The van der Waals surface area contributed by atoms with Crippen LogP contribution in [0.4, 0.5) is 10.5 Å². The van der Waals surface area contributed by atoms with Crippen LogP contribution in [-0.4, -0.2) is 41.3 Å². The first-order valence-corrected chi connectivity index (χ1v) is 8.98. The Kier molecular flexibility index (Phi) is 5.61. The van der Waals surface area contributed by atoms with Gasteiger partial charge in [-0.15, -0.1) is 0 Å². The van der Waals surface area contributed by atoms with E-state index >= 15 is 0 Å². The molecule has 7 nitrogen and oxygen atoms in total. The van der Waals surface area contributed by atoms with Crippen molar-refractivity contribution in [3.8, 4) is 0 Å². The summed E-state index contributed by atoms with van der Waals surface area (Å²) >= 11 is 0. The maximum Gasteiger partial charge on any atom is 0.411 e. The molecule has 128 valence electrons. The Morgan fingerprint density at radius 1 is 1.35 bits per heavy atom. The number of amides is 1. The molecule has 1 aromatic carbocycles. The predicted molar refractivity (Wildman–Crippen MR) is 87.9 cm³/mol. The molecular weight excluding hydrogens is 318 g/mol. The van der Waals surface area contributed by atoms with Crippen molar-refractivity contribution in [2.75, 3.05) is 32.1 Å². The van der Waals surface area contributed by atoms with Gasteiger partial charge in [0.1, 0.15) is 0 Å². The van der Waals surface area contributed by atoms with Gasteiger partial charge in [-0.2, -0.15) is 0 Å². The Morgan fingerprint density at radius 3 is 2.61 bits per heavy atom. The van der Waals surface area contributed by atoms with Gasteiger partial charge >= 0.3 is 6.09 Å². The zero-order valence-electron chi connectivity index (χ0n) is 13.4. The predicted octanol–water partition coefficient (Wildman–Crippen LogP) is 1.53. The number of rotatable bonds is 5. The van der Waals surface area contributed by atoms with Crippen molar-refractivity contribution in [1.82, 2.24) is 10.0 Å². The molecule has 8 heteroatoms. The van der Waals surface area contributed by atoms with E-state index in [-0.39, 0.29) is 10.3 Å². The van der Waals surface area contributed by atoms with Gasteiger partial charge in [0, 0.05) is 18.8 Å². The van der Waals surface area contributed by atoms with Gasteiger partial charge in [0.05, 0.1) is 12.0 Å². The number of benzene rings is 1. The molecule has 1 amide bonds. The Balaban J connectivity index is 2.00. The standard InChI is InChI=1S/C15H23N3O4S/c1-15(8-3-9-16-10-15)11-17-23(20,21)13-6-4-12(5-7-13)18-14(19)22-2/h4-7,16-17H,3,8-11H2,1-2H3,(H,18,19)/t15-/m0/s1. The van der Waals surface area contributed by atoms with E-state index in [9.17, 15) is 13.2 Å². The van der Waals surface area contributed by atoms with Crippen LogP contribution in [0.1, 0.15) is 19.8 Å². The van der Waals surface area contributed by atoms with Crippen LogP contribution in [0, 0.1) is 5.41 Å². The number of piperidine rings is 1. The van der Waals surface area contributed by atoms with E-state index in [0.717, 1.165) is 25.9 Å². The number of hydrogen-bond donors (Lipinski definition) is 3. The molecule has 0 spiro atoms. The maximum absolute atomic E-state index is 12.4.